The van der Waals surface area contributed by atoms with Gasteiger partial charge in [-0.15, -0.1) is 68.6 Å². The molecule has 6 rings (SSSR count). The number of aryl methyl sites for hydroxylation is 4. The Balaban J connectivity index is 0.000000221. The van der Waals surface area contributed by atoms with Gasteiger partial charge < -0.3 is 0 Å². The van der Waals surface area contributed by atoms with Crippen LogP contribution in [0.2, 0.25) is 13.1 Å². The van der Waals surface area contributed by atoms with Gasteiger partial charge in [0.2, 0.25) is 0 Å². The molecule has 0 aliphatic rings. The van der Waals surface area contributed by atoms with Gasteiger partial charge in [-0.3, -0.25) is 0 Å². The van der Waals surface area contributed by atoms with Gasteiger partial charge in [0.1, 0.15) is 0 Å². The van der Waals surface area contributed by atoms with Gasteiger partial charge in [-0.1, -0.05) is 133 Å². The number of halogens is 2. The van der Waals surface area contributed by atoms with Gasteiger partial charge in [0.05, 0.1) is 0 Å². The van der Waals surface area contributed by atoms with Crippen molar-refractivity contribution in [2.75, 3.05) is 0 Å². The summed E-state index contributed by atoms with van der Waals surface area (Å²) in [4.78, 5) is 0. The monoisotopic (exact) mass is 754 g/mol. The van der Waals surface area contributed by atoms with E-state index in [2.05, 4.69) is 172 Å². The van der Waals surface area contributed by atoms with Crippen LogP contribution in [0.5, 0.6) is 0 Å². The molecule has 244 valence electrons. The van der Waals surface area contributed by atoms with E-state index in [9.17, 15) is 0 Å². The molecule has 4 heteroatoms. The van der Waals surface area contributed by atoms with E-state index in [1.54, 1.807) is 0 Å². The van der Waals surface area contributed by atoms with E-state index < -0.39 is 20.8 Å². The molecule has 0 amide bonds. The summed E-state index contributed by atoms with van der Waals surface area (Å²) >= 11 is -0.826. The molecule has 0 bridgehead atoms. The Morgan fingerprint density at radius 1 is 0.681 bits per heavy atom. The van der Waals surface area contributed by atoms with Crippen LogP contribution in [0.15, 0.2) is 97.1 Å². The topological polar surface area (TPSA) is 0 Å². The van der Waals surface area contributed by atoms with Crippen molar-refractivity contribution >= 4 is 48.1 Å². The molecule has 6 aromatic rings. The number of hydrogen-bond donors (Lipinski definition) is 0. The van der Waals surface area contributed by atoms with Crippen molar-refractivity contribution in [1.82, 2.24) is 0 Å². The van der Waals surface area contributed by atoms with Gasteiger partial charge in [0, 0.05) is 9.52 Å². The molecule has 0 aliphatic carbocycles. The maximum absolute atomic E-state index is 4.93. The first-order valence-electron chi connectivity index (χ1n) is 16.3. The van der Waals surface area contributed by atoms with Gasteiger partial charge >= 0.3 is 37.9 Å². The summed E-state index contributed by atoms with van der Waals surface area (Å²) in [6.45, 7) is 24.3. The van der Waals surface area contributed by atoms with E-state index >= 15 is 0 Å². The molecule has 2 radical (unpaired) electrons. The third-order valence-electron chi connectivity index (χ3n) is 8.43. The van der Waals surface area contributed by atoms with Crippen LogP contribution in [0.3, 0.4) is 0 Å². The second kappa shape index (κ2) is 18.0. The molecule has 0 unspecified atom stereocenters. The molecular weight excluding hydrogens is 707 g/mol. The normalized spacial score (nSPS) is 10.9. The van der Waals surface area contributed by atoms with Gasteiger partial charge in [0.15, 0.2) is 0 Å². The minimum atomic E-state index is -0.826. The van der Waals surface area contributed by atoms with Gasteiger partial charge in [0.25, 0.3) is 0 Å². The standard InChI is InChI=1S/C22H25.C19H19.C2H6Si.2ClH.Zr/c1-15(2)18-13-17-7-6-8-20(21(17)14-18)16-9-11-19(12-10-16)22(3,4)5;1-12-5-6-14(3)17(9-12)16-8-7-15(4)18-10-13(2)11-19(16)18;1-3-2;;;/h6-15H,1-5H3;5-11H,1-4H3;1-2H3;2*1H;/q2*-1;;;;+4/p-2. The van der Waals surface area contributed by atoms with Gasteiger partial charge in [-0.05, 0) is 47.4 Å². The molecular formula is C43H50Cl2SiZr. The fraction of sp³-hybridized carbons (Fsp3) is 0.302. The molecule has 0 N–H and O–H groups in total. The predicted molar refractivity (Wildman–Crippen MR) is 211 cm³/mol. The van der Waals surface area contributed by atoms with Crippen LogP contribution >= 0.6 is 17.0 Å². The summed E-state index contributed by atoms with van der Waals surface area (Å²) in [5, 5.41) is 5.48. The molecule has 0 saturated heterocycles. The van der Waals surface area contributed by atoms with Crippen molar-refractivity contribution in [3.8, 4) is 22.3 Å². The zero-order chi connectivity index (χ0) is 34.9. The van der Waals surface area contributed by atoms with Gasteiger partial charge in [-0.25, -0.2) is 0 Å². The van der Waals surface area contributed by atoms with Crippen LogP contribution in [0.1, 0.15) is 73.9 Å². The summed E-state index contributed by atoms with van der Waals surface area (Å²) in [6.07, 6.45) is 0. The number of fused-ring (bicyclic) bond motifs is 2. The number of hydrogen-bond acceptors (Lipinski definition) is 0. The quantitative estimate of drug-likeness (QED) is 0.125. The zero-order valence-electron chi connectivity index (χ0n) is 30.1. The molecule has 0 spiro atoms. The Labute approximate surface area is 306 Å². The SMILES string of the molecule is CC(C)c1cc2c(-c3ccc(C(C)(C)C)cc3)cccc2[cH-]1.C[Si]C.Cc1ccc(C)c(-c2ccc(C)c3[cH-]c(C)cc23)c1.[Cl][Zr+2][Cl]. The van der Waals surface area contributed by atoms with E-state index in [1.807, 2.05) is 0 Å². The second-order valence-corrected chi connectivity index (χ2v) is 18.5. The maximum atomic E-state index is 4.93. The molecule has 47 heavy (non-hydrogen) atoms. The van der Waals surface area contributed by atoms with E-state index in [0.29, 0.717) is 5.92 Å². The van der Waals surface area contributed by atoms with Crippen molar-refractivity contribution in [3.63, 3.8) is 0 Å². The van der Waals surface area contributed by atoms with E-state index in [4.69, 9.17) is 17.0 Å². The third-order valence-corrected chi connectivity index (χ3v) is 8.43. The summed E-state index contributed by atoms with van der Waals surface area (Å²) < 4.78 is 0. The molecule has 0 saturated carbocycles. The number of benzene rings is 4. The first kappa shape index (κ1) is 39.2. The zero-order valence-corrected chi connectivity index (χ0v) is 35.0. The molecule has 0 aliphatic heterocycles. The van der Waals surface area contributed by atoms with Crippen molar-refractivity contribution in [2.24, 2.45) is 0 Å². The Kier molecular flexibility index (Phi) is 15.0. The average Bonchev–Trinajstić information content (AvgIpc) is 3.64. The molecule has 0 aromatic heterocycles. The Bertz CT molecular complexity index is 1860. The van der Waals surface area contributed by atoms with E-state index in [-0.39, 0.29) is 5.41 Å². The fourth-order valence-electron chi connectivity index (χ4n) is 5.84. The molecule has 0 heterocycles. The molecule has 0 atom stereocenters. The van der Waals surface area contributed by atoms with Crippen molar-refractivity contribution in [1.29, 1.82) is 0 Å². The first-order chi connectivity index (χ1) is 22.2. The Hall–Kier alpha value is -2.22. The summed E-state index contributed by atoms with van der Waals surface area (Å²) in [5.74, 6) is 0.573. The third kappa shape index (κ3) is 10.4. The minimum absolute atomic E-state index is 0.204. The van der Waals surface area contributed by atoms with Gasteiger partial charge in [-0.2, -0.15) is 12.1 Å². The summed E-state index contributed by atoms with van der Waals surface area (Å²) in [7, 11) is 11.0. The fourth-order valence-corrected chi connectivity index (χ4v) is 5.84. The van der Waals surface area contributed by atoms with Crippen LogP contribution in [-0.2, 0) is 26.3 Å². The Morgan fingerprint density at radius 3 is 1.89 bits per heavy atom. The van der Waals surface area contributed by atoms with Crippen LogP contribution in [0, 0.1) is 27.7 Å². The first-order valence-corrected chi connectivity index (χ1v) is 24.7. The Morgan fingerprint density at radius 2 is 1.30 bits per heavy atom. The van der Waals surface area contributed by atoms with Crippen molar-refractivity contribution in [3.05, 3.63) is 130 Å². The summed E-state index contributed by atoms with van der Waals surface area (Å²) in [5.41, 5.74) is 13.7. The number of rotatable bonds is 3. The molecule has 0 fully saturated rings. The van der Waals surface area contributed by atoms with Crippen LogP contribution in [0.4, 0.5) is 0 Å². The average molecular weight is 757 g/mol. The van der Waals surface area contributed by atoms with Crippen molar-refractivity contribution < 1.29 is 20.8 Å². The molecule has 6 aromatic carbocycles. The summed E-state index contributed by atoms with van der Waals surface area (Å²) in [6, 6.07) is 36.1. The van der Waals surface area contributed by atoms with Crippen LogP contribution in [-0.4, -0.2) is 9.52 Å². The van der Waals surface area contributed by atoms with E-state index in [0.717, 1.165) is 9.52 Å². The van der Waals surface area contributed by atoms with Crippen LogP contribution in [0.25, 0.3) is 43.8 Å². The van der Waals surface area contributed by atoms with E-state index in [1.165, 1.54) is 77.2 Å². The molecule has 0 nitrogen and oxygen atoms in total. The second-order valence-electron chi connectivity index (χ2n) is 13.8. The van der Waals surface area contributed by atoms with Crippen LogP contribution < -0.4 is 0 Å². The predicted octanol–water partition coefficient (Wildman–Crippen LogP) is 14.3. The van der Waals surface area contributed by atoms with Crippen molar-refractivity contribution in [2.45, 2.75) is 86.7 Å².